The number of hydrogen-bond donors (Lipinski definition) is 3. The molecule has 1 aliphatic heterocycles. The van der Waals surface area contributed by atoms with E-state index in [2.05, 4.69) is 50.8 Å². The third kappa shape index (κ3) is 7.92. The number of aromatic nitrogens is 2. The quantitative estimate of drug-likeness (QED) is 0.307. The number of aryl methyl sites for hydroxylation is 1. The van der Waals surface area contributed by atoms with E-state index in [-0.39, 0.29) is 12.7 Å². The molecule has 0 unspecified atom stereocenters. The summed E-state index contributed by atoms with van der Waals surface area (Å²) in [5, 5.41) is 16.1. The molecule has 3 N–H and O–H groups in total. The zero-order valence-electron chi connectivity index (χ0n) is 22.7. The molecular weight excluding hydrogens is 478 g/mol. The first-order chi connectivity index (χ1) is 18.3. The smallest absolute Gasteiger partial charge is 0.407 e. The van der Waals surface area contributed by atoms with Crippen molar-refractivity contribution in [2.24, 2.45) is 0 Å². The van der Waals surface area contributed by atoms with Crippen molar-refractivity contribution >= 4 is 23.4 Å². The number of aliphatic hydroxyl groups excluding tert-OH is 1. The Morgan fingerprint density at radius 2 is 1.82 bits per heavy atom. The van der Waals surface area contributed by atoms with Gasteiger partial charge in [0.15, 0.2) is 0 Å². The number of anilines is 3. The molecule has 0 aliphatic carbocycles. The number of nitrogens with zero attached hydrogens (tertiary/aromatic N) is 3. The van der Waals surface area contributed by atoms with Crippen molar-refractivity contribution in [1.29, 1.82) is 0 Å². The first kappa shape index (κ1) is 27.4. The fraction of sp³-hybridized carbons (Fsp3) is 0.433. The molecule has 38 heavy (non-hydrogen) atoms. The summed E-state index contributed by atoms with van der Waals surface area (Å²) in [7, 11) is 0. The minimum absolute atomic E-state index is 0.00827. The number of rotatable bonds is 9. The lowest BCUT2D eigenvalue weighted by molar-refractivity contribution is 0.0527. The highest BCUT2D eigenvalue weighted by Gasteiger charge is 2.16. The van der Waals surface area contributed by atoms with E-state index >= 15 is 0 Å². The van der Waals surface area contributed by atoms with Crippen molar-refractivity contribution in [3.8, 4) is 11.3 Å². The van der Waals surface area contributed by atoms with E-state index in [0.29, 0.717) is 12.5 Å². The largest absolute Gasteiger partial charge is 0.444 e. The monoisotopic (exact) mass is 517 g/mol. The van der Waals surface area contributed by atoms with E-state index in [1.165, 1.54) is 24.8 Å². The van der Waals surface area contributed by atoms with Crippen LogP contribution < -0.4 is 15.5 Å². The SMILES string of the molecule is CC(C)(C)OC(=O)NCCCc1ccc(-c2ccnc(Nc3ccc(N4CCCCC4)c(CO)c3)n2)cc1. The second-order valence-corrected chi connectivity index (χ2v) is 10.7. The maximum Gasteiger partial charge on any atom is 0.407 e. The molecule has 4 rings (SSSR count). The van der Waals surface area contributed by atoms with Crippen molar-refractivity contribution < 1.29 is 14.6 Å². The number of hydrogen-bond acceptors (Lipinski definition) is 7. The molecule has 2 aromatic carbocycles. The van der Waals surface area contributed by atoms with Crippen LogP contribution in [-0.4, -0.2) is 46.4 Å². The summed E-state index contributed by atoms with van der Waals surface area (Å²) in [5.41, 5.74) is 5.39. The molecule has 0 spiro atoms. The molecule has 202 valence electrons. The van der Waals surface area contributed by atoms with Gasteiger partial charge in [-0.3, -0.25) is 0 Å². The van der Waals surface area contributed by atoms with Crippen molar-refractivity contribution in [3.63, 3.8) is 0 Å². The molecule has 1 saturated heterocycles. The summed E-state index contributed by atoms with van der Waals surface area (Å²) in [6, 6.07) is 16.3. The second kappa shape index (κ2) is 12.7. The van der Waals surface area contributed by atoms with Gasteiger partial charge in [-0.2, -0.15) is 0 Å². The van der Waals surface area contributed by atoms with Gasteiger partial charge >= 0.3 is 6.09 Å². The van der Waals surface area contributed by atoms with E-state index in [1.54, 1.807) is 6.20 Å². The Hall–Kier alpha value is -3.65. The topological polar surface area (TPSA) is 99.6 Å². The molecule has 1 fully saturated rings. The number of aliphatic hydroxyl groups is 1. The van der Waals surface area contributed by atoms with Crippen LogP contribution in [0, 0.1) is 0 Å². The molecule has 8 heteroatoms. The summed E-state index contributed by atoms with van der Waals surface area (Å²) in [6.07, 6.45) is 6.70. The van der Waals surface area contributed by atoms with Crippen LogP contribution in [0.5, 0.6) is 0 Å². The Kier molecular flexibility index (Phi) is 9.18. The molecular formula is C30H39N5O3. The number of alkyl carbamates (subject to hydrolysis) is 1. The summed E-state index contributed by atoms with van der Waals surface area (Å²) < 4.78 is 5.26. The summed E-state index contributed by atoms with van der Waals surface area (Å²) in [5.74, 6) is 0.509. The van der Waals surface area contributed by atoms with E-state index in [0.717, 1.165) is 54.1 Å². The molecule has 1 aliphatic rings. The van der Waals surface area contributed by atoms with Crippen molar-refractivity contribution in [1.82, 2.24) is 15.3 Å². The van der Waals surface area contributed by atoms with E-state index < -0.39 is 5.60 Å². The predicted octanol–water partition coefficient (Wildman–Crippen LogP) is 5.83. The number of carbonyl (C=O) groups excluding carboxylic acids is 1. The van der Waals surface area contributed by atoms with Gasteiger partial charge in [0.25, 0.3) is 0 Å². The van der Waals surface area contributed by atoms with Gasteiger partial charge in [0.05, 0.1) is 12.3 Å². The fourth-order valence-electron chi connectivity index (χ4n) is 4.58. The van der Waals surface area contributed by atoms with Gasteiger partial charge < -0.3 is 25.4 Å². The predicted molar refractivity (Wildman–Crippen MR) is 152 cm³/mol. The summed E-state index contributed by atoms with van der Waals surface area (Å²) in [6.45, 7) is 8.18. The molecule has 0 bridgehead atoms. The number of benzene rings is 2. The third-order valence-corrected chi connectivity index (χ3v) is 6.42. The average Bonchev–Trinajstić information content (AvgIpc) is 2.91. The van der Waals surface area contributed by atoms with E-state index in [9.17, 15) is 9.90 Å². The van der Waals surface area contributed by atoms with E-state index in [1.807, 2.05) is 39.0 Å². The first-order valence-electron chi connectivity index (χ1n) is 13.5. The lowest BCUT2D eigenvalue weighted by Gasteiger charge is -2.30. The molecule has 0 saturated carbocycles. The lowest BCUT2D eigenvalue weighted by atomic mass is 10.1. The van der Waals surface area contributed by atoms with Crippen LogP contribution in [-0.2, 0) is 17.8 Å². The number of nitrogens with one attached hydrogen (secondary N) is 2. The number of piperidine rings is 1. The van der Waals surface area contributed by atoms with Gasteiger partial charge in [0.1, 0.15) is 5.60 Å². The van der Waals surface area contributed by atoms with Crippen LogP contribution in [0.15, 0.2) is 54.7 Å². The molecule has 2 heterocycles. The summed E-state index contributed by atoms with van der Waals surface area (Å²) in [4.78, 5) is 23.2. The van der Waals surface area contributed by atoms with Crippen LogP contribution in [0.2, 0.25) is 0 Å². The van der Waals surface area contributed by atoms with Gasteiger partial charge in [-0.1, -0.05) is 24.3 Å². The zero-order chi connectivity index (χ0) is 27.0. The van der Waals surface area contributed by atoms with E-state index in [4.69, 9.17) is 9.72 Å². The Morgan fingerprint density at radius 3 is 2.53 bits per heavy atom. The zero-order valence-corrected chi connectivity index (χ0v) is 22.7. The Bertz CT molecular complexity index is 1200. The lowest BCUT2D eigenvalue weighted by Crippen LogP contribution is -2.33. The van der Waals surface area contributed by atoms with Crippen LogP contribution in [0.1, 0.15) is 57.6 Å². The Morgan fingerprint density at radius 1 is 1.05 bits per heavy atom. The van der Waals surface area contributed by atoms with Crippen LogP contribution >= 0.6 is 0 Å². The third-order valence-electron chi connectivity index (χ3n) is 6.42. The first-order valence-corrected chi connectivity index (χ1v) is 13.5. The standard InChI is InChI=1S/C30H39N5O3/c1-30(2,3)38-29(37)32-16-7-8-22-9-11-23(12-10-22)26-15-17-31-28(34-26)33-25-13-14-27(24(20-25)21-36)35-18-5-4-6-19-35/h9-15,17,20,36H,4-8,16,18-19,21H2,1-3H3,(H,32,37)(H,31,33,34). The van der Waals surface area contributed by atoms with Crippen LogP contribution in [0.25, 0.3) is 11.3 Å². The minimum Gasteiger partial charge on any atom is -0.444 e. The Balaban J connectivity index is 1.34. The fourth-order valence-corrected chi connectivity index (χ4v) is 4.58. The summed E-state index contributed by atoms with van der Waals surface area (Å²) >= 11 is 0. The van der Waals surface area contributed by atoms with Crippen LogP contribution in [0.3, 0.4) is 0 Å². The molecule has 1 amide bonds. The van der Waals surface area contributed by atoms with Crippen LogP contribution in [0.4, 0.5) is 22.1 Å². The minimum atomic E-state index is -0.490. The number of ether oxygens (including phenoxy) is 1. The normalized spacial score (nSPS) is 13.7. The van der Waals surface area contributed by atoms with Gasteiger partial charge in [0, 0.05) is 48.3 Å². The average molecular weight is 518 g/mol. The molecule has 8 nitrogen and oxygen atoms in total. The maximum absolute atomic E-state index is 11.8. The van der Waals surface area contributed by atoms with Gasteiger partial charge in [-0.15, -0.1) is 0 Å². The van der Waals surface area contributed by atoms with Gasteiger partial charge in [0.2, 0.25) is 5.95 Å². The highest BCUT2D eigenvalue weighted by Crippen LogP contribution is 2.28. The highest BCUT2D eigenvalue weighted by atomic mass is 16.6. The molecule has 0 atom stereocenters. The number of carbonyl (C=O) groups is 1. The molecule has 1 aromatic heterocycles. The maximum atomic E-state index is 11.8. The van der Waals surface area contributed by atoms with Crippen molar-refractivity contribution in [2.75, 3.05) is 29.9 Å². The molecule has 3 aromatic rings. The second-order valence-electron chi connectivity index (χ2n) is 10.7. The van der Waals surface area contributed by atoms with Crippen molar-refractivity contribution in [2.45, 2.75) is 65.1 Å². The van der Waals surface area contributed by atoms with Crippen molar-refractivity contribution in [3.05, 3.63) is 65.9 Å². The van der Waals surface area contributed by atoms with Gasteiger partial charge in [-0.05, 0) is 82.7 Å². The van der Waals surface area contributed by atoms with Gasteiger partial charge in [-0.25, -0.2) is 14.8 Å². The Labute approximate surface area is 225 Å². The molecule has 0 radical (unpaired) electrons. The number of amides is 1. The highest BCUT2D eigenvalue weighted by molar-refractivity contribution is 5.67.